The number of thiophene rings is 1. The molecule has 0 saturated carbocycles. The van der Waals surface area contributed by atoms with Gasteiger partial charge in [0.25, 0.3) is 5.56 Å². The molecule has 0 aliphatic heterocycles. The van der Waals surface area contributed by atoms with E-state index in [2.05, 4.69) is 10.3 Å². The fourth-order valence-electron chi connectivity index (χ4n) is 3.93. The first-order valence-electron chi connectivity index (χ1n) is 9.92. The lowest BCUT2D eigenvalue weighted by Crippen LogP contribution is -2.33. The molecule has 0 bridgehead atoms. The molecule has 0 radical (unpaired) electrons. The second-order valence-electron chi connectivity index (χ2n) is 7.40. The summed E-state index contributed by atoms with van der Waals surface area (Å²) in [7, 11) is 0. The quantitative estimate of drug-likeness (QED) is 0.643. The first kappa shape index (κ1) is 19.5. The smallest absolute Gasteiger partial charge is 0.263 e. The average Bonchev–Trinajstić information content (AvgIpc) is 3.09. The van der Waals surface area contributed by atoms with Crippen molar-refractivity contribution in [2.75, 3.05) is 5.32 Å². The summed E-state index contributed by atoms with van der Waals surface area (Å²) in [6, 6.07) is 6.14. The van der Waals surface area contributed by atoms with Gasteiger partial charge in [-0.3, -0.25) is 19.0 Å². The Kier molecular flexibility index (Phi) is 5.32. The molecule has 0 saturated heterocycles. The maximum absolute atomic E-state index is 13.3. The van der Waals surface area contributed by atoms with Crippen LogP contribution in [0.1, 0.15) is 60.0 Å². The normalized spacial score (nSPS) is 14.4. The molecule has 1 aromatic carbocycles. The van der Waals surface area contributed by atoms with Crippen LogP contribution in [0.15, 0.2) is 35.4 Å². The second kappa shape index (κ2) is 7.91. The van der Waals surface area contributed by atoms with Gasteiger partial charge in [-0.05, 0) is 56.7 Å². The minimum atomic E-state index is -0.667. The van der Waals surface area contributed by atoms with Crippen LogP contribution in [-0.4, -0.2) is 21.2 Å². The zero-order valence-electron chi connectivity index (χ0n) is 16.5. The minimum Gasteiger partial charge on any atom is -0.324 e. The van der Waals surface area contributed by atoms with Gasteiger partial charge in [-0.1, -0.05) is 19.1 Å². The van der Waals surface area contributed by atoms with Crippen molar-refractivity contribution in [2.24, 2.45) is 0 Å². The summed E-state index contributed by atoms with van der Waals surface area (Å²) < 4.78 is 1.45. The van der Waals surface area contributed by atoms with Crippen LogP contribution in [-0.2, 0) is 17.6 Å². The lowest BCUT2D eigenvalue weighted by atomic mass is 9.97. The van der Waals surface area contributed by atoms with Crippen LogP contribution in [0.5, 0.6) is 0 Å². The first-order chi connectivity index (χ1) is 14.0. The molecule has 1 aliphatic rings. The van der Waals surface area contributed by atoms with Gasteiger partial charge >= 0.3 is 0 Å². The van der Waals surface area contributed by atoms with E-state index in [1.165, 1.54) is 22.7 Å². The maximum atomic E-state index is 13.3. The Bertz CT molecular complexity index is 1160. The highest BCUT2D eigenvalue weighted by molar-refractivity contribution is 7.18. The number of hydrogen-bond donors (Lipinski definition) is 1. The van der Waals surface area contributed by atoms with Crippen LogP contribution in [0.3, 0.4) is 0 Å². The van der Waals surface area contributed by atoms with Crippen LogP contribution in [0.2, 0.25) is 0 Å². The number of carbonyl (C=O) groups excluding carboxylic acids is 2. The van der Waals surface area contributed by atoms with Gasteiger partial charge in [0.05, 0.1) is 11.7 Å². The molecule has 1 amide bonds. The van der Waals surface area contributed by atoms with Gasteiger partial charge in [0, 0.05) is 16.1 Å². The Morgan fingerprint density at radius 1 is 1.28 bits per heavy atom. The van der Waals surface area contributed by atoms with Crippen molar-refractivity contribution >= 4 is 38.9 Å². The predicted molar refractivity (Wildman–Crippen MR) is 115 cm³/mol. The third kappa shape index (κ3) is 3.62. The molecule has 1 N–H and O–H groups in total. The van der Waals surface area contributed by atoms with E-state index in [1.807, 2.05) is 6.92 Å². The first-order valence-corrected chi connectivity index (χ1v) is 10.7. The number of nitrogens with zero attached hydrogens (tertiary/aromatic N) is 2. The summed E-state index contributed by atoms with van der Waals surface area (Å²) in [5.74, 6) is -0.359. The molecular formula is C22H23N3O3S. The van der Waals surface area contributed by atoms with Gasteiger partial charge < -0.3 is 5.32 Å². The lowest BCUT2D eigenvalue weighted by Gasteiger charge is -2.18. The molecule has 7 heteroatoms. The van der Waals surface area contributed by atoms with Crippen LogP contribution in [0, 0.1) is 0 Å². The molecule has 150 valence electrons. The SMILES string of the molecule is CCC(C(=O)Nc1cccc(C(C)=O)c1)n1cnc2sc3c(c2c1=O)CCCC3. The number of rotatable bonds is 5. The van der Waals surface area contributed by atoms with Gasteiger partial charge in [-0.15, -0.1) is 11.3 Å². The zero-order chi connectivity index (χ0) is 20.5. The molecule has 4 rings (SSSR count). The van der Waals surface area contributed by atoms with Crippen molar-refractivity contribution in [2.45, 2.75) is 52.0 Å². The van der Waals surface area contributed by atoms with Crippen molar-refractivity contribution in [3.63, 3.8) is 0 Å². The zero-order valence-corrected chi connectivity index (χ0v) is 17.3. The van der Waals surface area contributed by atoms with E-state index < -0.39 is 6.04 Å². The summed E-state index contributed by atoms with van der Waals surface area (Å²) in [5.41, 5.74) is 2.04. The van der Waals surface area contributed by atoms with Gasteiger partial charge in [0.1, 0.15) is 10.9 Å². The summed E-state index contributed by atoms with van der Waals surface area (Å²) in [6.07, 6.45) is 6.08. The summed E-state index contributed by atoms with van der Waals surface area (Å²) in [5, 5.41) is 3.52. The van der Waals surface area contributed by atoms with E-state index in [9.17, 15) is 14.4 Å². The van der Waals surface area contributed by atoms with Crippen molar-refractivity contribution in [3.8, 4) is 0 Å². The van der Waals surface area contributed by atoms with E-state index in [-0.39, 0.29) is 17.2 Å². The molecule has 0 fully saturated rings. The number of Topliss-reactive ketones (excluding diaryl/α,β-unsaturated/α-hetero) is 1. The Morgan fingerprint density at radius 2 is 2.07 bits per heavy atom. The Balaban J connectivity index is 1.68. The topological polar surface area (TPSA) is 81.1 Å². The third-order valence-electron chi connectivity index (χ3n) is 5.46. The largest absolute Gasteiger partial charge is 0.324 e. The van der Waals surface area contributed by atoms with Gasteiger partial charge in [0.2, 0.25) is 5.91 Å². The highest BCUT2D eigenvalue weighted by Gasteiger charge is 2.25. The molecule has 0 spiro atoms. The van der Waals surface area contributed by atoms with Crippen LogP contribution >= 0.6 is 11.3 Å². The van der Waals surface area contributed by atoms with E-state index in [4.69, 9.17) is 0 Å². The number of amides is 1. The molecule has 2 aromatic heterocycles. The van der Waals surface area contributed by atoms with Gasteiger partial charge in [-0.2, -0.15) is 0 Å². The number of hydrogen-bond acceptors (Lipinski definition) is 5. The molecule has 1 atom stereocenters. The second-order valence-corrected chi connectivity index (χ2v) is 8.48. The van der Waals surface area contributed by atoms with Gasteiger partial charge in [0.15, 0.2) is 5.78 Å². The maximum Gasteiger partial charge on any atom is 0.263 e. The number of aromatic nitrogens is 2. The fraction of sp³-hybridized carbons (Fsp3) is 0.364. The Hall–Kier alpha value is -2.80. The van der Waals surface area contributed by atoms with E-state index in [1.54, 1.807) is 35.6 Å². The van der Waals surface area contributed by atoms with Crippen molar-refractivity contribution in [1.82, 2.24) is 9.55 Å². The van der Waals surface area contributed by atoms with Crippen LogP contribution in [0.25, 0.3) is 10.2 Å². The number of ketones is 1. The van der Waals surface area contributed by atoms with Crippen molar-refractivity contribution < 1.29 is 9.59 Å². The van der Waals surface area contributed by atoms with Crippen molar-refractivity contribution in [3.05, 3.63) is 57.0 Å². The number of benzene rings is 1. The molecule has 6 nitrogen and oxygen atoms in total. The number of fused-ring (bicyclic) bond motifs is 3. The number of aryl methyl sites for hydroxylation is 2. The highest BCUT2D eigenvalue weighted by Crippen LogP contribution is 2.33. The van der Waals surface area contributed by atoms with E-state index in [0.717, 1.165) is 36.1 Å². The third-order valence-corrected chi connectivity index (χ3v) is 6.66. The van der Waals surface area contributed by atoms with Crippen molar-refractivity contribution in [1.29, 1.82) is 0 Å². The molecule has 3 aromatic rings. The standard InChI is InChI=1S/C22H23N3O3S/c1-3-17(20(27)24-15-8-6-7-14(11-15)13(2)26)25-12-23-21-19(22(25)28)16-9-4-5-10-18(16)29-21/h6-8,11-12,17H,3-5,9-10H2,1-2H3,(H,24,27). The molecular weight excluding hydrogens is 386 g/mol. The Morgan fingerprint density at radius 3 is 2.83 bits per heavy atom. The van der Waals surface area contributed by atoms with E-state index in [0.29, 0.717) is 23.1 Å². The Labute approximate surface area is 172 Å². The van der Waals surface area contributed by atoms with Gasteiger partial charge in [-0.25, -0.2) is 4.98 Å². The highest BCUT2D eigenvalue weighted by atomic mass is 32.1. The number of carbonyl (C=O) groups is 2. The minimum absolute atomic E-state index is 0.0683. The molecule has 2 heterocycles. The average molecular weight is 410 g/mol. The number of anilines is 1. The molecule has 1 aliphatic carbocycles. The summed E-state index contributed by atoms with van der Waals surface area (Å²) in [4.78, 5) is 44.3. The monoisotopic (exact) mass is 409 g/mol. The van der Waals surface area contributed by atoms with E-state index >= 15 is 0 Å². The summed E-state index contributed by atoms with van der Waals surface area (Å²) >= 11 is 1.60. The number of nitrogens with one attached hydrogen (secondary N) is 1. The molecule has 29 heavy (non-hydrogen) atoms. The fourth-order valence-corrected chi connectivity index (χ4v) is 5.15. The van der Waals surface area contributed by atoms with Crippen LogP contribution in [0.4, 0.5) is 5.69 Å². The van der Waals surface area contributed by atoms with Crippen LogP contribution < -0.4 is 10.9 Å². The lowest BCUT2D eigenvalue weighted by molar-refractivity contribution is -0.119. The predicted octanol–water partition coefficient (Wildman–Crippen LogP) is 4.13. The molecule has 1 unspecified atom stereocenters. The summed E-state index contributed by atoms with van der Waals surface area (Å²) in [6.45, 7) is 3.35.